The maximum atomic E-state index is 12.1. The molecule has 16 heavy (non-hydrogen) atoms. The van der Waals surface area contributed by atoms with E-state index in [4.69, 9.17) is 10.5 Å². The Kier molecular flexibility index (Phi) is 3.53. The quantitative estimate of drug-likeness (QED) is 0.790. The molecule has 0 radical (unpaired) electrons. The summed E-state index contributed by atoms with van der Waals surface area (Å²) in [7, 11) is -3.30. The fraction of sp³-hybridized carbons (Fsp3) is 0.250. The molecule has 0 fully saturated rings. The molecular formula is C8H10F2N2O3S. The van der Waals surface area contributed by atoms with E-state index in [9.17, 15) is 17.2 Å². The molecule has 1 aromatic rings. The van der Waals surface area contributed by atoms with Crippen LogP contribution in [-0.4, -0.2) is 21.3 Å². The fourth-order valence-electron chi connectivity index (χ4n) is 0.959. The minimum Gasteiger partial charge on any atom is -0.497 e. The first kappa shape index (κ1) is 12.5. The van der Waals surface area contributed by atoms with E-state index in [0.717, 1.165) is 0 Å². The van der Waals surface area contributed by atoms with E-state index < -0.39 is 15.8 Å². The standard InChI is InChI=1S/C8H10F2N2O3S/c1-15-5-2-3-7(6(11)4-5)12-16(13,14)8(9)10/h2-4,8,12H,11H2,1H3. The Hall–Kier alpha value is -1.57. The first-order valence-corrected chi connectivity index (χ1v) is 5.64. The SMILES string of the molecule is COc1ccc(NS(=O)(=O)C(F)F)c(N)c1. The Balaban J connectivity index is 2.99. The second kappa shape index (κ2) is 4.52. The van der Waals surface area contributed by atoms with Crippen LogP contribution in [0.5, 0.6) is 5.75 Å². The Labute approximate surface area is 91.3 Å². The summed E-state index contributed by atoms with van der Waals surface area (Å²) in [4.78, 5) is 0. The average molecular weight is 252 g/mol. The molecule has 90 valence electrons. The van der Waals surface area contributed by atoms with Gasteiger partial charge >= 0.3 is 5.76 Å². The lowest BCUT2D eigenvalue weighted by molar-refractivity contribution is 0.236. The average Bonchev–Trinajstić information content (AvgIpc) is 2.20. The van der Waals surface area contributed by atoms with Gasteiger partial charge in [-0.05, 0) is 12.1 Å². The number of ether oxygens (including phenoxy) is 1. The minimum atomic E-state index is -4.70. The smallest absolute Gasteiger partial charge is 0.355 e. The number of hydrogen-bond donors (Lipinski definition) is 2. The number of methoxy groups -OCH3 is 1. The first-order chi connectivity index (χ1) is 7.36. The second-order valence-corrected chi connectivity index (χ2v) is 4.51. The van der Waals surface area contributed by atoms with E-state index >= 15 is 0 Å². The summed E-state index contributed by atoms with van der Waals surface area (Å²) in [6, 6.07) is 3.97. The number of alkyl halides is 2. The van der Waals surface area contributed by atoms with Crippen LogP contribution in [0.3, 0.4) is 0 Å². The number of sulfonamides is 1. The third-order valence-corrected chi connectivity index (χ3v) is 2.72. The first-order valence-electron chi connectivity index (χ1n) is 4.10. The molecule has 1 rings (SSSR count). The van der Waals surface area contributed by atoms with Gasteiger partial charge in [0.25, 0.3) is 10.0 Å². The van der Waals surface area contributed by atoms with E-state index in [0.29, 0.717) is 5.75 Å². The molecule has 1 aromatic carbocycles. The van der Waals surface area contributed by atoms with Crippen molar-refractivity contribution in [3.05, 3.63) is 18.2 Å². The number of benzene rings is 1. The Morgan fingerprint density at radius 3 is 2.50 bits per heavy atom. The molecule has 0 bridgehead atoms. The molecule has 0 aromatic heterocycles. The normalized spacial score (nSPS) is 11.5. The van der Waals surface area contributed by atoms with Gasteiger partial charge < -0.3 is 10.5 Å². The van der Waals surface area contributed by atoms with Crippen molar-refractivity contribution in [1.82, 2.24) is 0 Å². The van der Waals surface area contributed by atoms with Gasteiger partial charge in [0.15, 0.2) is 0 Å². The van der Waals surface area contributed by atoms with E-state index in [1.807, 2.05) is 0 Å². The van der Waals surface area contributed by atoms with Crippen LogP contribution >= 0.6 is 0 Å². The van der Waals surface area contributed by atoms with Crippen LogP contribution in [0.4, 0.5) is 20.2 Å². The molecule has 0 saturated carbocycles. The van der Waals surface area contributed by atoms with Crippen LogP contribution in [0.15, 0.2) is 18.2 Å². The highest BCUT2D eigenvalue weighted by atomic mass is 32.2. The Bertz CT molecular complexity index is 476. The molecule has 0 unspecified atom stereocenters. The van der Waals surface area contributed by atoms with E-state index in [2.05, 4.69) is 0 Å². The molecule has 0 spiro atoms. The molecule has 0 heterocycles. The summed E-state index contributed by atoms with van der Waals surface area (Å²) < 4.78 is 52.3. The van der Waals surface area contributed by atoms with Crippen LogP contribution < -0.4 is 15.2 Å². The van der Waals surface area contributed by atoms with Crippen molar-refractivity contribution in [3.8, 4) is 5.75 Å². The number of nitrogens with one attached hydrogen (secondary N) is 1. The fourth-order valence-corrected chi connectivity index (χ4v) is 1.54. The van der Waals surface area contributed by atoms with Gasteiger partial charge in [0.2, 0.25) is 0 Å². The molecule has 0 aliphatic heterocycles. The number of rotatable bonds is 4. The zero-order valence-electron chi connectivity index (χ0n) is 8.28. The third kappa shape index (κ3) is 2.72. The van der Waals surface area contributed by atoms with Crippen molar-refractivity contribution in [3.63, 3.8) is 0 Å². The monoisotopic (exact) mass is 252 g/mol. The zero-order valence-corrected chi connectivity index (χ0v) is 9.09. The molecule has 0 atom stereocenters. The highest BCUT2D eigenvalue weighted by Gasteiger charge is 2.24. The third-order valence-electron chi connectivity index (χ3n) is 1.75. The van der Waals surface area contributed by atoms with Crippen molar-refractivity contribution < 1.29 is 21.9 Å². The van der Waals surface area contributed by atoms with Gasteiger partial charge in [-0.2, -0.15) is 8.78 Å². The summed E-state index contributed by atoms with van der Waals surface area (Å²) in [5, 5.41) is 0. The van der Waals surface area contributed by atoms with Crippen LogP contribution in [0, 0.1) is 0 Å². The number of halogens is 2. The summed E-state index contributed by atoms with van der Waals surface area (Å²) in [5.41, 5.74) is 5.35. The lowest BCUT2D eigenvalue weighted by Gasteiger charge is -2.10. The van der Waals surface area contributed by atoms with Gasteiger partial charge in [-0.25, -0.2) is 8.42 Å². The highest BCUT2D eigenvalue weighted by Crippen LogP contribution is 2.25. The number of nitrogen functional groups attached to an aromatic ring is 1. The van der Waals surface area contributed by atoms with E-state index in [1.54, 1.807) is 4.72 Å². The van der Waals surface area contributed by atoms with Crippen molar-refractivity contribution >= 4 is 21.4 Å². The summed E-state index contributed by atoms with van der Waals surface area (Å²) in [6.07, 6.45) is 0. The van der Waals surface area contributed by atoms with Gasteiger partial charge in [-0.3, -0.25) is 4.72 Å². The maximum Gasteiger partial charge on any atom is 0.355 e. The predicted octanol–water partition coefficient (Wildman–Crippen LogP) is 1.24. The van der Waals surface area contributed by atoms with Crippen molar-refractivity contribution in [2.24, 2.45) is 0 Å². The highest BCUT2D eigenvalue weighted by molar-refractivity contribution is 7.93. The van der Waals surface area contributed by atoms with Crippen LogP contribution in [-0.2, 0) is 10.0 Å². The number of anilines is 2. The molecule has 3 N–H and O–H groups in total. The molecule has 0 amide bonds. The van der Waals surface area contributed by atoms with E-state index in [1.165, 1.54) is 25.3 Å². The lowest BCUT2D eigenvalue weighted by Crippen LogP contribution is -2.21. The zero-order chi connectivity index (χ0) is 12.3. The van der Waals surface area contributed by atoms with Crippen LogP contribution in [0.2, 0.25) is 0 Å². The van der Waals surface area contributed by atoms with Gasteiger partial charge in [0.05, 0.1) is 18.5 Å². The minimum absolute atomic E-state index is 0.00331. The van der Waals surface area contributed by atoms with E-state index in [-0.39, 0.29) is 11.4 Å². The van der Waals surface area contributed by atoms with Gasteiger partial charge in [-0.1, -0.05) is 0 Å². The van der Waals surface area contributed by atoms with Crippen LogP contribution in [0.25, 0.3) is 0 Å². The molecule has 0 saturated heterocycles. The number of nitrogens with two attached hydrogens (primary N) is 1. The Morgan fingerprint density at radius 1 is 1.44 bits per heavy atom. The number of hydrogen-bond acceptors (Lipinski definition) is 4. The van der Waals surface area contributed by atoms with Crippen molar-refractivity contribution in [2.45, 2.75) is 5.76 Å². The summed E-state index contributed by atoms with van der Waals surface area (Å²) in [5.74, 6) is -3.11. The molecular weight excluding hydrogens is 242 g/mol. The van der Waals surface area contributed by atoms with Crippen molar-refractivity contribution in [1.29, 1.82) is 0 Å². The molecule has 8 heteroatoms. The van der Waals surface area contributed by atoms with Gasteiger partial charge in [0, 0.05) is 6.07 Å². The molecule has 0 aliphatic rings. The van der Waals surface area contributed by atoms with Crippen molar-refractivity contribution in [2.75, 3.05) is 17.6 Å². The molecule has 0 aliphatic carbocycles. The largest absolute Gasteiger partial charge is 0.497 e. The topological polar surface area (TPSA) is 81.4 Å². The van der Waals surface area contributed by atoms with Gasteiger partial charge in [0.1, 0.15) is 5.75 Å². The Morgan fingerprint density at radius 2 is 2.06 bits per heavy atom. The predicted molar refractivity (Wildman–Crippen MR) is 56.0 cm³/mol. The lowest BCUT2D eigenvalue weighted by atomic mass is 10.2. The maximum absolute atomic E-state index is 12.1. The van der Waals surface area contributed by atoms with Crippen LogP contribution in [0.1, 0.15) is 0 Å². The van der Waals surface area contributed by atoms with Gasteiger partial charge in [-0.15, -0.1) is 0 Å². The molecule has 5 nitrogen and oxygen atoms in total. The summed E-state index contributed by atoms with van der Waals surface area (Å²) in [6.45, 7) is 0. The second-order valence-electron chi connectivity index (χ2n) is 2.86. The summed E-state index contributed by atoms with van der Waals surface area (Å²) >= 11 is 0.